The molecule has 0 unspecified atom stereocenters. The molecule has 0 aliphatic carbocycles. The van der Waals surface area contributed by atoms with Crippen LogP contribution in [0.2, 0.25) is 10.0 Å². The fourth-order valence-corrected chi connectivity index (χ4v) is 1.99. The van der Waals surface area contributed by atoms with Gasteiger partial charge in [0.1, 0.15) is 0 Å². The van der Waals surface area contributed by atoms with E-state index in [4.69, 9.17) is 23.2 Å². The van der Waals surface area contributed by atoms with Gasteiger partial charge in [0.25, 0.3) is 0 Å². The van der Waals surface area contributed by atoms with E-state index in [2.05, 4.69) is 9.98 Å². The van der Waals surface area contributed by atoms with Crippen molar-refractivity contribution in [2.45, 2.75) is 19.4 Å². The number of aliphatic imine (C=N–C) groups is 1. The maximum Gasteiger partial charge on any atom is 0.235 e. The van der Waals surface area contributed by atoms with Crippen molar-refractivity contribution < 1.29 is 4.79 Å². The highest BCUT2D eigenvalue weighted by Crippen LogP contribution is 2.35. The fraction of sp³-hybridized carbons (Fsp3) is 0.333. The monoisotopic (exact) mass is 230 g/mol. The molecular formula is C9H8Cl2N2O. The number of hydrogen-bond acceptors (Lipinski definition) is 3. The maximum atomic E-state index is 10.2. The lowest BCUT2D eigenvalue weighted by molar-refractivity contribution is 0.523. The van der Waals surface area contributed by atoms with E-state index in [9.17, 15) is 4.79 Å². The summed E-state index contributed by atoms with van der Waals surface area (Å²) in [6.07, 6.45) is 4.42. The van der Waals surface area contributed by atoms with Crippen LogP contribution in [-0.2, 0) is 10.3 Å². The number of aromatic nitrogens is 1. The largest absolute Gasteiger partial charge is 0.262 e. The molecule has 0 aliphatic rings. The SMILES string of the molecule is CC(C)(N=C=O)c1c(Cl)cncc1Cl. The third kappa shape index (κ3) is 2.13. The minimum Gasteiger partial charge on any atom is -0.262 e. The second kappa shape index (κ2) is 4.09. The van der Waals surface area contributed by atoms with E-state index in [1.165, 1.54) is 18.5 Å². The number of nitrogens with zero attached hydrogens (tertiary/aromatic N) is 2. The lowest BCUT2D eigenvalue weighted by Crippen LogP contribution is -2.15. The van der Waals surface area contributed by atoms with Gasteiger partial charge in [-0.2, -0.15) is 4.99 Å². The van der Waals surface area contributed by atoms with Gasteiger partial charge in [-0.3, -0.25) is 4.98 Å². The van der Waals surface area contributed by atoms with Crippen molar-refractivity contribution in [1.29, 1.82) is 0 Å². The minimum atomic E-state index is -0.779. The number of halogens is 2. The molecule has 0 aromatic carbocycles. The van der Waals surface area contributed by atoms with Crippen LogP contribution < -0.4 is 0 Å². The molecule has 1 aromatic heterocycles. The second-order valence-corrected chi connectivity index (χ2v) is 4.05. The normalized spacial score (nSPS) is 10.9. The van der Waals surface area contributed by atoms with Crippen molar-refractivity contribution >= 4 is 29.3 Å². The van der Waals surface area contributed by atoms with Gasteiger partial charge in [0.15, 0.2) is 0 Å². The molecule has 1 aromatic rings. The highest BCUT2D eigenvalue weighted by atomic mass is 35.5. The lowest BCUT2D eigenvalue weighted by Gasteiger charge is -2.20. The Bertz CT molecular complexity index is 378. The van der Waals surface area contributed by atoms with E-state index in [1.807, 2.05) is 0 Å². The third-order valence-electron chi connectivity index (χ3n) is 1.79. The van der Waals surface area contributed by atoms with Crippen LogP contribution in [0, 0.1) is 0 Å². The smallest absolute Gasteiger partial charge is 0.235 e. The molecule has 0 fully saturated rings. The second-order valence-electron chi connectivity index (χ2n) is 3.24. The number of carbonyl (C=O) groups excluding carboxylic acids is 1. The highest BCUT2D eigenvalue weighted by Gasteiger charge is 2.25. The molecule has 0 radical (unpaired) electrons. The van der Waals surface area contributed by atoms with E-state index in [0.717, 1.165) is 0 Å². The summed E-state index contributed by atoms with van der Waals surface area (Å²) in [5.41, 5.74) is -0.196. The van der Waals surface area contributed by atoms with Crippen molar-refractivity contribution in [3.63, 3.8) is 0 Å². The molecule has 0 atom stereocenters. The molecule has 1 heterocycles. The molecule has 14 heavy (non-hydrogen) atoms. The highest BCUT2D eigenvalue weighted by molar-refractivity contribution is 6.35. The standard InChI is InChI=1S/C9H8Cl2N2O/c1-9(2,13-5-14)8-6(10)3-12-4-7(8)11/h3-4H,1-2H3. The van der Waals surface area contributed by atoms with Crippen molar-refractivity contribution in [2.75, 3.05) is 0 Å². The average Bonchev–Trinajstić information content (AvgIpc) is 2.02. The zero-order valence-electron chi connectivity index (χ0n) is 7.71. The first-order valence-corrected chi connectivity index (χ1v) is 4.63. The molecule has 0 saturated heterocycles. The molecule has 0 amide bonds. The summed E-state index contributed by atoms with van der Waals surface area (Å²) in [7, 11) is 0. The first kappa shape index (κ1) is 11.2. The molecule has 0 bridgehead atoms. The van der Waals surface area contributed by atoms with E-state index in [1.54, 1.807) is 13.8 Å². The van der Waals surface area contributed by atoms with Crippen LogP contribution in [0.3, 0.4) is 0 Å². The Morgan fingerprint density at radius 2 is 1.86 bits per heavy atom. The molecule has 74 valence electrons. The maximum absolute atomic E-state index is 10.2. The van der Waals surface area contributed by atoms with E-state index < -0.39 is 5.54 Å². The first-order valence-electron chi connectivity index (χ1n) is 3.87. The number of isocyanates is 1. The van der Waals surface area contributed by atoms with Gasteiger partial charge in [-0.15, -0.1) is 0 Å². The molecule has 5 heteroatoms. The van der Waals surface area contributed by atoms with Gasteiger partial charge in [0, 0.05) is 18.0 Å². The summed E-state index contributed by atoms with van der Waals surface area (Å²) >= 11 is 11.8. The molecule has 1 rings (SSSR count). The van der Waals surface area contributed by atoms with E-state index >= 15 is 0 Å². The molecule has 0 saturated carbocycles. The Hall–Kier alpha value is -0.890. The molecule has 0 aliphatic heterocycles. The van der Waals surface area contributed by atoms with Crippen molar-refractivity contribution in [3.05, 3.63) is 28.0 Å². The number of rotatable bonds is 2. The lowest BCUT2D eigenvalue weighted by atomic mass is 9.96. The summed E-state index contributed by atoms with van der Waals surface area (Å²) in [4.78, 5) is 17.7. The Labute approximate surface area is 91.8 Å². The van der Waals surface area contributed by atoms with Gasteiger partial charge in [-0.1, -0.05) is 23.2 Å². The van der Waals surface area contributed by atoms with Crippen molar-refractivity contribution in [2.24, 2.45) is 4.99 Å². The van der Waals surface area contributed by atoms with Gasteiger partial charge in [0.2, 0.25) is 6.08 Å². The predicted molar refractivity (Wildman–Crippen MR) is 55.4 cm³/mol. The van der Waals surface area contributed by atoms with Crippen LogP contribution >= 0.6 is 23.2 Å². The van der Waals surface area contributed by atoms with Crippen LogP contribution in [0.15, 0.2) is 17.4 Å². The number of pyridine rings is 1. The van der Waals surface area contributed by atoms with Gasteiger partial charge < -0.3 is 0 Å². The van der Waals surface area contributed by atoms with Crippen LogP contribution in [0.25, 0.3) is 0 Å². The number of hydrogen-bond donors (Lipinski definition) is 0. The van der Waals surface area contributed by atoms with Gasteiger partial charge in [-0.25, -0.2) is 4.79 Å². The quantitative estimate of drug-likeness (QED) is 0.580. The van der Waals surface area contributed by atoms with Crippen LogP contribution in [0.5, 0.6) is 0 Å². The average molecular weight is 231 g/mol. The van der Waals surface area contributed by atoms with Crippen molar-refractivity contribution in [1.82, 2.24) is 4.98 Å². The first-order chi connectivity index (χ1) is 6.49. The molecule has 3 nitrogen and oxygen atoms in total. The Kier molecular flexibility index (Phi) is 3.27. The summed E-state index contributed by atoms with van der Waals surface area (Å²) < 4.78 is 0. The summed E-state index contributed by atoms with van der Waals surface area (Å²) in [6, 6.07) is 0. The fourth-order valence-electron chi connectivity index (χ4n) is 1.17. The minimum absolute atomic E-state index is 0.390. The van der Waals surface area contributed by atoms with E-state index in [-0.39, 0.29) is 0 Å². The molecule has 0 N–H and O–H groups in total. The van der Waals surface area contributed by atoms with Crippen LogP contribution in [-0.4, -0.2) is 11.1 Å². The third-order valence-corrected chi connectivity index (χ3v) is 2.36. The van der Waals surface area contributed by atoms with E-state index in [0.29, 0.717) is 15.6 Å². The zero-order chi connectivity index (χ0) is 10.8. The van der Waals surface area contributed by atoms with Gasteiger partial charge in [-0.05, 0) is 13.8 Å². The molecule has 0 spiro atoms. The van der Waals surface area contributed by atoms with Crippen LogP contribution in [0.4, 0.5) is 0 Å². The van der Waals surface area contributed by atoms with Gasteiger partial charge in [0.05, 0.1) is 15.6 Å². The summed E-state index contributed by atoms with van der Waals surface area (Å²) in [5.74, 6) is 0. The Morgan fingerprint density at radius 1 is 1.36 bits per heavy atom. The van der Waals surface area contributed by atoms with Gasteiger partial charge >= 0.3 is 0 Å². The molecular weight excluding hydrogens is 223 g/mol. The zero-order valence-corrected chi connectivity index (χ0v) is 9.23. The topological polar surface area (TPSA) is 42.3 Å². The predicted octanol–water partition coefficient (Wildman–Crippen LogP) is 2.96. The summed E-state index contributed by atoms with van der Waals surface area (Å²) in [5, 5.41) is 0.781. The summed E-state index contributed by atoms with van der Waals surface area (Å²) in [6.45, 7) is 3.45. The van der Waals surface area contributed by atoms with Crippen LogP contribution in [0.1, 0.15) is 19.4 Å². The Morgan fingerprint density at radius 3 is 2.29 bits per heavy atom. The Balaban J connectivity index is 3.37. The van der Waals surface area contributed by atoms with Crippen molar-refractivity contribution in [3.8, 4) is 0 Å².